The number of aliphatic hydroxyl groups excluding tert-OH is 1. The Balaban J connectivity index is 1.43. The van der Waals surface area contributed by atoms with E-state index in [0.29, 0.717) is 71.7 Å². The largest absolute Gasteiger partial charge is 0.497 e. The van der Waals surface area contributed by atoms with Crippen molar-refractivity contribution in [3.63, 3.8) is 0 Å². The number of likely N-dealkylation sites (tertiary alicyclic amines) is 1. The van der Waals surface area contributed by atoms with E-state index in [9.17, 15) is 19.5 Å². The van der Waals surface area contributed by atoms with Crippen molar-refractivity contribution >= 4 is 40.0 Å². The second kappa shape index (κ2) is 12.3. The van der Waals surface area contributed by atoms with Gasteiger partial charge in [0.15, 0.2) is 0 Å². The molecule has 1 unspecified atom stereocenters. The summed E-state index contributed by atoms with van der Waals surface area (Å²) in [6.45, 7) is 1.63. The summed E-state index contributed by atoms with van der Waals surface area (Å²) in [5, 5.41) is 21.7. The number of piperidine rings is 1. The highest BCUT2D eigenvalue weighted by Gasteiger charge is 2.41. The third-order valence-electron chi connectivity index (χ3n) is 7.15. The molecule has 3 aromatic rings. The van der Waals surface area contributed by atoms with E-state index in [1.807, 2.05) is 5.48 Å². The molecule has 0 bridgehead atoms. The van der Waals surface area contributed by atoms with Gasteiger partial charge in [-0.2, -0.15) is 0 Å². The molecule has 1 aliphatic heterocycles. The average Bonchev–Trinajstić information content (AvgIpc) is 2.93. The van der Waals surface area contributed by atoms with E-state index in [1.165, 1.54) is 18.3 Å². The Labute approximate surface area is 230 Å². The van der Waals surface area contributed by atoms with Crippen LogP contribution in [0, 0.1) is 23.1 Å². The van der Waals surface area contributed by atoms with Crippen LogP contribution in [0.25, 0.3) is 10.9 Å². The van der Waals surface area contributed by atoms with Crippen LogP contribution in [0.1, 0.15) is 42.9 Å². The molecule has 7 nitrogen and oxygen atoms in total. The minimum atomic E-state index is -0.949. The lowest BCUT2D eigenvalue weighted by atomic mass is 9.73. The van der Waals surface area contributed by atoms with Crippen LogP contribution in [0.4, 0.5) is 4.39 Å². The van der Waals surface area contributed by atoms with E-state index < -0.39 is 23.2 Å². The molecule has 2 aromatic carbocycles. The van der Waals surface area contributed by atoms with Crippen LogP contribution in [0.15, 0.2) is 42.6 Å². The predicted molar refractivity (Wildman–Crippen MR) is 144 cm³/mol. The Morgan fingerprint density at radius 2 is 2.00 bits per heavy atom. The van der Waals surface area contributed by atoms with Crippen LogP contribution in [0.2, 0.25) is 10.0 Å². The monoisotopic (exact) mass is 559 g/mol. The molecule has 10 heteroatoms. The highest BCUT2D eigenvalue weighted by molar-refractivity contribution is 6.32. The average molecular weight is 560 g/mol. The zero-order valence-corrected chi connectivity index (χ0v) is 22.3. The van der Waals surface area contributed by atoms with Crippen LogP contribution in [-0.2, 0) is 4.79 Å². The number of nitrogens with zero attached hydrogens (tertiary/aromatic N) is 2. The SMILES string of the molecule is COc1ccc2ncc(Cl)c(C(O)CCC3(C(=O)NO)CCN(CC#Cc4ccc(F)c(Cl)c4)CC3)c2c1. The van der Waals surface area contributed by atoms with Crippen molar-refractivity contribution < 1.29 is 24.2 Å². The molecule has 1 aromatic heterocycles. The van der Waals surface area contributed by atoms with Gasteiger partial charge in [0.2, 0.25) is 5.91 Å². The van der Waals surface area contributed by atoms with Gasteiger partial charge in [-0.25, -0.2) is 9.87 Å². The number of hydroxylamine groups is 1. The molecule has 0 radical (unpaired) electrons. The summed E-state index contributed by atoms with van der Waals surface area (Å²) in [6.07, 6.45) is 2.12. The van der Waals surface area contributed by atoms with E-state index in [2.05, 4.69) is 21.7 Å². The Morgan fingerprint density at radius 1 is 1.24 bits per heavy atom. The van der Waals surface area contributed by atoms with Crippen LogP contribution in [0.3, 0.4) is 0 Å². The van der Waals surface area contributed by atoms with Crippen molar-refractivity contribution in [2.24, 2.45) is 5.41 Å². The van der Waals surface area contributed by atoms with Gasteiger partial charge in [-0.05, 0) is 62.1 Å². The van der Waals surface area contributed by atoms with Crippen molar-refractivity contribution in [2.45, 2.75) is 31.8 Å². The molecule has 2 heterocycles. The highest BCUT2D eigenvalue weighted by Crippen LogP contribution is 2.41. The second-order valence-corrected chi connectivity index (χ2v) is 10.2. The maximum Gasteiger partial charge on any atom is 0.249 e. The lowest BCUT2D eigenvalue weighted by Gasteiger charge is -2.40. The smallest absolute Gasteiger partial charge is 0.249 e. The lowest BCUT2D eigenvalue weighted by molar-refractivity contribution is -0.143. The molecule has 1 saturated heterocycles. The third-order valence-corrected chi connectivity index (χ3v) is 7.74. The van der Waals surface area contributed by atoms with E-state index in [1.54, 1.807) is 31.4 Å². The van der Waals surface area contributed by atoms with Gasteiger partial charge in [0.05, 0.1) is 40.7 Å². The second-order valence-electron chi connectivity index (χ2n) is 9.39. The molecule has 1 aliphatic rings. The van der Waals surface area contributed by atoms with Crippen LogP contribution < -0.4 is 10.2 Å². The van der Waals surface area contributed by atoms with Crippen molar-refractivity contribution in [1.29, 1.82) is 0 Å². The zero-order chi connectivity index (χ0) is 27.3. The van der Waals surface area contributed by atoms with Gasteiger partial charge in [-0.3, -0.25) is 19.9 Å². The molecule has 1 atom stereocenters. The summed E-state index contributed by atoms with van der Waals surface area (Å²) in [7, 11) is 1.56. The number of amides is 1. The fourth-order valence-corrected chi connectivity index (χ4v) is 5.32. The van der Waals surface area contributed by atoms with Crippen molar-refractivity contribution in [3.05, 3.63) is 69.6 Å². The number of pyridine rings is 1. The van der Waals surface area contributed by atoms with Crippen molar-refractivity contribution in [1.82, 2.24) is 15.4 Å². The van der Waals surface area contributed by atoms with E-state index in [4.69, 9.17) is 27.9 Å². The molecular formula is C28H28Cl2FN3O4. The third kappa shape index (κ3) is 6.20. The molecular weight excluding hydrogens is 532 g/mol. The summed E-state index contributed by atoms with van der Waals surface area (Å²) in [4.78, 5) is 19.2. The Hall–Kier alpha value is -2.93. The molecule has 4 rings (SSSR count). The number of hydrogen-bond acceptors (Lipinski definition) is 6. The van der Waals surface area contributed by atoms with Crippen LogP contribution >= 0.6 is 23.2 Å². The van der Waals surface area contributed by atoms with E-state index in [0.717, 1.165) is 0 Å². The standard InChI is InChI=1S/C28H28Cl2FN3O4/c1-38-19-5-7-24-20(16-19)26(22(30)17-32-24)25(35)8-9-28(27(36)33-37)10-13-34(14-11-28)12-2-3-18-4-6-23(31)21(29)15-18/h4-7,15-17,25,35,37H,8-14H2,1H3,(H,33,36). The Kier molecular flexibility index (Phi) is 9.08. The first kappa shape index (κ1) is 28.1. The highest BCUT2D eigenvalue weighted by atomic mass is 35.5. The Morgan fingerprint density at radius 3 is 2.68 bits per heavy atom. The summed E-state index contributed by atoms with van der Waals surface area (Å²) in [5.74, 6) is 5.70. The van der Waals surface area contributed by atoms with Crippen LogP contribution in [0.5, 0.6) is 5.75 Å². The Bertz CT molecular complexity index is 1380. The molecule has 0 saturated carbocycles. The molecule has 0 aliphatic carbocycles. The minimum absolute atomic E-state index is 0.0250. The number of benzene rings is 2. The molecule has 3 N–H and O–H groups in total. The lowest BCUT2D eigenvalue weighted by Crippen LogP contribution is -2.48. The molecule has 1 amide bonds. The molecule has 0 spiro atoms. The fraction of sp³-hybridized carbons (Fsp3) is 0.357. The predicted octanol–water partition coefficient (Wildman–Crippen LogP) is 5.14. The normalized spacial score (nSPS) is 15.9. The first-order valence-electron chi connectivity index (χ1n) is 12.2. The summed E-state index contributed by atoms with van der Waals surface area (Å²) >= 11 is 12.3. The van der Waals surface area contributed by atoms with Crippen molar-refractivity contribution in [3.8, 4) is 17.6 Å². The number of halogens is 3. The number of aliphatic hydroxyl groups is 1. The number of fused-ring (bicyclic) bond motifs is 1. The number of rotatable bonds is 7. The fourth-order valence-electron chi connectivity index (χ4n) is 4.87. The number of carbonyl (C=O) groups excluding carboxylic acids is 1. The van der Waals surface area contributed by atoms with Gasteiger partial charge in [-0.15, -0.1) is 0 Å². The maximum atomic E-state index is 13.3. The molecule has 1 fully saturated rings. The van der Waals surface area contributed by atoms with E-state index >= 15 is 0 Å². The van der Waals surface area contributed by atoms with Crippen LogP contribution in [-0.4, -0.2) is 52.8 Å². The zero-order valence-electron chi connectivity index (χ0n) is 20.8. The summed E-state index contributed by atoms with van der Waals surface area (Å²) < 4.78 is 18.7. The summed E-state index contributed by atoms with van der Waals surface area (Å²) in [6, 6.07) is 9.69. The first-order chi connectivity index (χ1) is 18.3. The first-order valence-corrected chi connectivity index (χ1v) is 12.9. The van der Waals surface area contributed by atoms with Gasteiger partial charge in [0.25, 0.3) is 0 Å². The number of aromatic nitrogens is 1. The number of nitrogens with one attached hydrogen (secondary N) is 1. The maximum absolute atomic E-state index is 13.3. The quantitative estimate of drug-likeness (QED) is 0.211. The van der Waals surface area contributed by atoms with Gasteiger partial charge in [-0.1, -0.05) is 35.0 Å². The van der Waals surface area contributed by atoms with Gasteiger partial charge in [0.1, 0.15) is 11.6 Å². The minimum Gasteiger partial charge on any atom is -0.497 e. The number of ether oxygens (including phenoxy) is 1. The van der Waals surface area contributed by atoms with Gasteiger partial charge in [0, 0.05) is 35.8 Å². The molecule has 38 heavy (non-hydrogen) atoms. The van der Waals surface area contributed by atoms with Gasteiger partial charge >= 0.3 is 0 Å². The number of methoxy groups -OCH3 is 1. The van der Waals surface area contributed by atoms with Gasteiger partial charge < -0.3 is 9.84 Å². The number of hydrogen-bond donors (Lipinski definition) is 3. The molecule has 200 valence electrons. The van der Waals surface area contributed by atoms with Crippen molar-refractivity contribution in [2.75, 3.05) is 26.7 Å². The van der Waals surface area contributed by atoms with E-state index in [-0.39, 0.29) is 11.4 Å². The number of carbonyl (C=O) groups is 1. The summed E-state index contributed by atoms with van der Waals surface area (Å²) in [5.41, 5.74) is 2.80. The topological polar surface area (TPSA) is 94.9 Å².